The zero-order chi connectivity index (χ0) is 19.5. The van der Waals surface area contributed by atoms with Crippen LogP contribution in [0.4, 0.5) is 4.39 Å². The first kappa shape index (κ1) is 20.5. The van der Waals surface area contributed by atoms with Gasteiger partial charge in [-0.05, 0) is 65.7 Å². The lowest BCUT2D eigenvalue weighted by molar-refractivity contribution is 0.0950. The lowest BCUT2D eigenvalue weighted by Gasteiger charge is -2.21. The van der Waals surface area contributed by atoms with Gasteiger partial charge in [-0.3, -0.25) is 4.79 Å². The highest BCUT2D eigenvalue weighted by atomic mass is 79.9. The molecule has 0 atom stereocenters. The van der Waals surface area contributed by atoms with Crippen molar-refractivity contribution in [1.29, 1.82) is 0 Å². The number of carbonyl (C=O) groups is 1. The minimum atomic E-state index is -3.53. The molecule has 0 unspecified atom stereocenters. The minimum Gasteiger partial charge on any atom is -0.348 e. The van der Waals surface area contributed by atoms with Crippen LogP contribution in [0.5, 0.6) is 0 Å². The van der Waals surface area contributed by atoms with E-state index < -0.39 is 15.8 Å². The molecule has 0 radical (unpaired) electrons. The Morgan fingerprint density at radius 3 is 2.35 bits per heavy atom. The van der Waals surface area contributed by atoms with Crippen LogP contribution in [-0.2, 0) is 16.6 Å². The van der Waals surface area contributed by atoms with Crippen LogP contribution in [0.1, 0.15) is 29.8 Å². The first-order chi connectivity index (χ1) is 12.1. The number of benzene rings is 2. The van der Waals surface area contributed by atoms with Crippen molar-refractivity contribution in [2.45, 2.75) is 31.3 Å². The fourth-order valence-corrected chi connectivity index (χ4v) is 4.07. The van der Waals surface area contributed by atoms with E-state index in [0.717, 1.165) is 5.56 Å². The summed E-state index contributed by atoms with van der Waals surface area (Å²) < 4.78 is 39.6. The molecule has 8 heteroatoms. The van der Waals surface area contributed by atoms with Crippen LogP contribution in [0.2, 0.25) is 0 Å². The SMILES string of the molecule is CC(C)N(C)S(=O)(=O)c1ccc(CNC(=O)c2ccc(F)cc2Br)cc1. The number of sulfonamides is 1. The summed E-state index contributed by atoms with van der Waals surface area (Å²) >= 11 is 3.16. The van der Waals surface area contributed by atoms with Gasteiger partial charge in [0.1, 0.15) is 5.82 Å². The molecule has 0 fully saturated rings. The summed E-state index contributed by atoms with van der Waals surface area (Å²) in [6.45, 7) is 3.83. The maximum atomic E-state index is 13.1. The molecule has 2 aromatic rings. The normalized spacial score (nSPS) is 11.8. The van der Waals surface area contributed by atoms with E-state index in [1.165, 1.54) is 41.7 Å². The van der Waals surface area contributed by atoms with Gasteiger partial charge in [-0.2, -0.15) is 4.31 Å². The van der Waals surface area contributed by atoms with Crippen molar-refractivity contribution in [3.8, 4) is 0 Å². The quantitative estimate of drug-likeness (QED) is 0.743. The molecular weight excluding hydrogens is 423 g/mol. The molecule has 0 aliphatic heterocycles. The van der Waals surface area contributed by atoms with Crippen molar-refractivity contribution in [1.82, 2.24) is 9.62 Å². The standard InChI is InChI=1S/C18H20BrFN2O3S/c1-12(2)22(3)26(24,25)15-7-4-13(5-8-15)11-21-18(23)16-9-6-14(20)10-17(16)19/h4-10,12H,11H2,1-3H3,(H,21,23). The van der Waals surface area contributed by atoms with Crippen LogP contribution < -0.4 is 5.32 Å². The number of hydrogen-bond donors (Lipinski definition) is 1. The second kappa shape index (κ2) is 8.28. The maximum absolute atomic E-state index is 13.1. The number of halogens is 2. The molecule has 0 saturated heterocycles. The summed E-state index contributed by atoms with van der Waals surface area (Å²) in [6.07, 6.45) is 0. The topological polar surface area (TPSA) is 66.5 Å². The van der Waals surface area contributed by atoms with E-state index in [0.29, 0.717) is 10.0 Å². The van der Waals surface area contributed by atoms with Crippen molar-refractivity contribution >= 4 is 31.9 Å². The fraction of sp³-hybridized carbons (Fsp3) is 0.278. The van der Waals surface area contributed by atoms with Gasteiger partial charge in [-0.15, -0.1) is 0 Å². The average Bonchev–Trinajstić information content (AvgIpc) is 2.59. The van der Waals surface area contributed by atoms with E-state index in [4.69, 9.17) is 0 Å². The zero-order valence-corrected chi connectivity index (χ0v) is 17.1. The lowest BCUT2D eigenvalue weighted by Crippen LogP contribution is -2.33. The van der Waals surface area contributed by atoms with Crippen LogP contribution in [0.15, 0.2) is 51.8 Å². The Hall–Kier alpha value is -1.77. The Morgan fingerprint density at radius 2 is 1.81 bits per heavy atom. The van der Waals surface area contributed by atoms with Gasteiger partial charge in [0, 0.05) is 24.1 Å². The molecule has 1 N–H and O–H groups in total. The Morgan fingerprint density at radius 1 is 1.19 bits per heavy atom. The van der Waals surface area contributed by atoms with Gasteiger partial charge < -0.3 is 5.32 Å². The fourth-order valence-electron chi connectivity index (χ4n) is 2.17. The first-order valence-corrected chi connectivity index (χ1v) is 10.2. The number of carbonyl (C=O) groups excluding carboxylic acids is 1. The third-order valence-corrected chi connectivity index (χ3v) is 6.66. The van der Waals surface area contributed by atoms with Gasteiger partial charge >= 0.3 is 0 Å². The molecule has 2 rings (SSSR count). The molecule has 140 valence electrons. The largest absolute Gasteiger partial charge is 0.348 e. The molecular formula is C18H20BrFN2O3S. The Bertz CT molecular complexity index is 899. The zero-order valence-electron chi connectivity index (χ0n) is 14.7. The summed E-state index contributed by atoms with van der Waals surface area (Å²) in [5.41, 5.74) is 1.08. The Kier molecular flexibility index (Phi) is 6.54. The van der Waals surface area contributed by atoms with E-state index in [2.05, 4.69) is 21.2 Å². The average molecular weight is 443 g/mol. The van der Waals surface area contributed by atoms with Crippen LogP contribution in [0, 0.1) is 5.82 Å². The summed E-state index contributed by atoms with van der Waals surface area (Å²) in [5.74, 6) is -0.787. The molecule has 5 nitrogen and oxygen atoms in total. The van der Waals surface area contributed by atoms with Gasteiger partial charge in [0.15, 0.2) is 0 Å². The van der Waals surface area contributed by atoms with E-state index in [-0.39, 0.29) is 23.4 Å². The van der Waals surface area contributed by atoms with Gasteiger partial charge in [0.25, 0.3) is 5.91 Å². The van der Waals surface area contributed by atoms with E-state index in [9.17, 15) is 17.6 Å². The second-order valence-corrected chi connectivity index (χ2v) is 8.92. The summed E-state index contributed by atoms with van der Waals surface area (Å²) in [6, 6.07) is 10.0. The minimum absolute atomic E-state index is 0.145. The van der Waals surface area contributed by atoms with Crippen molar-refractivity contribution in [2.24, 2.45) is 0 Å². The van der Waals surface area contributed by atoms with Gasteiger partial charge in [0.2, 0.25) is 10.0 Å². The third-order valence-electron chi connectivity index (χ3n) is 3.96. The van der Waals surface area contributed by atoms with E-state index >= 15 is 0 Å². The van der Waals surface area contributed by atoms with Crippen LogP contribution in [0.25, 0.3) is 0 Å². The van der Waals surface area contributed by atoms with E-state index in [1.54, 1.807) is 26.0 Å². The number of rotatable bonds is 6. The van der Waals surface area contributed by atoms with Crippen molar-refractivity contribution in [3.63, 3.8) is 0 Å². The third kappa shape index (κ3) is 4.69. The molecule has 1 amide bonds. The van der Waals surface area contributed by atoms with Crippen molar-refractivity contribution in [2.75, 3.05) is 7.05 Å². The molecule has 0 heterocycles. The Labute approximate surface area is 161 Å². The van der Waals surface area contributed by atoms with Gasteiger partial charge in [0.05, 0.1) is 10.5 Å². The first-order valence-electron chi connectivity index (χ1n) is 7.93. The van der Waals surface area contributed by atoms with Crippen molar-refractivity contribution in [3.05, 3.63) is 63.9 Å². The molecule has 0 aliphatic carbocycles. The number of amides is 1. The monoisotopic (exact) mass is 442 g/mol. The highest BCUT2D eigenvalue weighted by Crippen LogP contribution is 2.19. The lowest BCUT2D eigenvalue weighted by atomic mass is 10.2. The number of nitrogens with zero attached hydrogens (tertiary/aromatic N) is 1. The summed E-state index contributed by atoms with van der Waals surface area (Å²) in [4.78, 5) is 12.4. The van der Waals surface area contributed by atoms with E-state index in [1.807, 2.05) is 0 Å². The summed E-state index contributed by atoms with van der Waals surface area (Å²) in [5, 5.41) is 2.72. The Balaban J connectivity index is 2.07. The molecule has 0 bridgehead atoms. The summed E-state index contributed by atoms with van der Waals surface area (Å²) in [7, 11) is -2.00. The molecule has 0 aromatic heterocycles. The second-order valence-electron chi connectivity index (χ2n) is 6.07. The van der Waals surface area contributed by atoms with Crippen LogP contribution in [0.3, 0.4) is 0 Å². The highest BCUT2D eigenvalue weighted by molar-refractivity contribution is 9.10. The predicted molar refractivity (Wildman–Crippen MR) is 102 cm³/mol. The highest BCUT2D eigenvalue weighted by Gasteiger charge is 2.22. The van der Waals surface area contributed by atoms with Crippen LogP contribution in [-0.4, -0.2) is 31.7 Å². The molecule has 0 aliphatic rings. The van der Waals surface area contributed by atoms with Crippen LogP contribution >= 0.6 is 15.9 Å². The van der Waals surface area contributed by atoms with Gasteiger partial charge in [-0.1, -0.05) is 12.1 Å². The molecule has 0 spiro atoms. The molecule has 26 heavy (non-hydrogen) atoms. The molecule has 2 aromatic carbocycles. The van der Waals surface area contributed by atoms with Crippen molar-refractivity contribution < 1.29 is 17.6 Å². The molecule has 0 saturated carbocycles. The smallest absolute Gasteiger partial charge is 0.252 e. The predicted octanol–water partition coefficient (Wildman–Crippen LogP) is 3.55. The number of nitrogens with one attached hydrogen (secondary N) is 1. The van der Waals surface area contributed by atoms with Gasteiger partial charge in [-0.25, -0.2) is 12.8 Å². The maximum Gasteiger partial charge on any atom is 0.252 e. The number of hydrogen-bond acceptors (Lipinski definition) is 3.